The van der Waals surface area contributed by atoms with Crippen LogP contribution in [0.4, 0.5) is 10.1 Å². The number of hydrogen-bond donors (Lipinski definition) is 2. The van der Waals surface area contributed by atoms with E-state index in [2.05, 4.69) is 10.6 Å². The van der Waals surface area contributed by atoms with E-state index in [4.69, 9.17) is 0 Å². The van der Waals surface area contributed by atoms with Gasteiger partial charge in [-0.3, -0.25) is 9.59 Å². The summed E-state index contributed by atoms with van der Waals surface area (Å²) in [5.74, 6) is 0.236. The fourth-order valence-electron chi connectivity index (χ4n) is 2.55. The molecular formula is C14H15FN2O2S. The maximum absolute atomic E-state index is 13.2. The Morgan fingerprint density at radius 2 is 2.30 bits per heavy atom. The van der Waals surface area contributed by atoms with Crippen molar-refractivity contribution in [2.24, 2.45) is 5.92 Å². The minimum absolute atomic E-state index is 0.147. The van der Waals surface area contributed by atoms with Crippen molar-refractivity contribution in [3.63, 3.8) is 0 Å². The molecule has 0 spiro atoms. The molecule has 6 heteroatoms. The number of nitrogens with one attached hydrogen (secondary N) is 2. The molecule has 4 nitrogen and oxygen atoms in total. The van der Waals surface area contributed by atoms with E-state index < -0.39 is 5.92 Å². The molecule has 2 atom stereocenters. The Morgan fingerprint density at radius 3 is 3.05 bits per heavy atom. The Labute approximate surface area is 120 Å². The third kappa shape index (κ3) is 2.65. The molecule has 2 aliphatic rings. The van der Waals surface area contributed by atoms with Crippen molar-refractivity contribution < 1.29 is 14.0 Å². The first-order valence-corrected chi connectivity index (χ1v) is 7.76. The third-order valence-electron chi connectivity index (χ3n) is 3.66. The highest BCUT2D eigenvalue weighted by Crippen LogP contribution is 2.27. The van der Waals surface area contributed by atoms with Crippen LogP contribution in [0, 0.1) is 11.7 Å². The van der Waals surface area contributed by atoms with Gasteiger partial charge >= 0.3 is 0 Å². The van der Waals surface area contributed by atoms with Crippen molar-refractivity contribution >= 4 is 29.3 Å². The second-order valence-electron chi connectivity index (χ2n) is 5.12. The molecule has 106 valence electrons. The highest BCUT2D eigenvalue weighted by molar-refractivity contribution is 7.99. The van der Waals surface area contributed by atoms with Gasteiger partial charge in [0.15, 0.2) is 0 Å². The summed E-state index contributed by atoms with van der Waals surface area (Å²) in [7, 11) is 0. The van der Waals surface area contributed by atoms with Gasteiger partial charge in [0.05, 0.1) is 0 Å². The summed E-state index contributed by atoms with van der Waals surface area (Å²) in [5, 5.41) is 5.58. The van der Waals surface area contributed by atoms with Crippen LogP contribution in [-0.2, 0) is 16.0 Å². The largest absolute Gasteiger partial charge is 0.352 e. The predicted octanol–water partition coefficient (Wildman–Crippen LogP) is 1.56. The zero-order valence-electron chi connectivity index (χ0n) is 10.8. The Kier molecular flexibility index (Phi) is 3.65. The first-order valence-electron chi connectivity index (χ1n) is 6.61. The number of halogens is 1. The molecule has 3 rings (SSSR count). The molecule has 1 saturated heterocycles. The number of anilines is 1. The van der Waals surface area contributed by atoms with Gasteiger partial charge in [0, 0.05) is 17.5 Å². The number of rotatable bonds is 2. The molecule has 2 aliphatic heterocycles. The van der Waals surface area contributed by atoms with Crippen molar-refractivity contribution in [1.82, 2.24) is 5.32 Å². The molecule has 1 aromatic rings. The van der Waals surface area contributed by atoms with Gasteiger partial charge in [-0.15, -0.1) is 0 Å². The van der Waals surface area contributed by atoms with E-state index in [1.807, 2.05) is 0 Å². The average molecular weight is 294 g/mol. The molecule has 0 bridgehead atoms. The van der Waals surface area contributed by atoms with Gasteiger partial charge in [0.1, 0.15) is 11.7 Å². The zero-order valence-corrected chi connectivity index (χ0v) is 11.6. The lowest BCUT2D eigenvalue weighted by atomic mass is 9.92. The van der Waals surface area contributed by atoms with Crippen LogP contribution in [0.5, 0.6) is 0 Å². The van der Waals surface area contributed by atoms with Crippen LogP contribution >= 0.6 is 11.8 Å². The van der Waals surface area contributed by atoms with Crippen LogP contribution in [0.1, 0.15) is 12.0 Å². The van der Waals surface area contributed by atoms with Crippen molar-refractivity contribution in [3.05, 3.63) is 29.6 Å². The summed E-state index contributed by atoms with van der Waals surface area (Å²) >= 11 is 1.80. The number of carbonyl (C=O) groups is 2. The summed E-state index contributed by atoms with van der Waals surface area (Å²) in [6.07, 6.45) is 1.20. The molecule has 0 saturated carbocycles. The van der Waals surface area contributed by atoms with Crippen LogP contribution in [-0.4, -0.2) is 29.4 Å². The number of hydrogen-bond acceptors (Lipinski definition) is 3. The van der Waals surface area contributed by atoms with Crippen molar-refractivity contribution in [2.75, 3.05) is 16.8 Å². The van der Waals surface area contributed by atoms with Crippen molar-refractivity contribution in [1.29, 1.82) is 0 Å². The summed E-state index contributed by atoms with van der Waals surface area (Å²) in [5.41, 5.74) is 1.27. The van der Waals surface area contributed by atoms with Crippen LogP contribution in [0.15, 0.2) is 18.2 Å². The number of benzene rings is 1. The second-order valence-corrected chi connectivity index (χ2v) is 6.27. The van der Waals surface area contributed by atoms with E-state index in [0.29, 0.717) is 11.3 Å². The van der Waals surface area contributed by atoms with E-state index in [0.717, 1.165) is 17.9 Å². The van der Waals surface area contributed by atoms with E-state index >= 15 is 0 Å². The molecule has 0 aromatic heterocycles. The lowest BCUT2D eigenvalue weighted by Crippen LogP contribution is -2.45. The molecule has 20 heavy (non-hydrogen) atoms. The minimum Gasteiger partial charge on any atom is -0.352 e. The summed E-state index contributed by atoms with van der Waals surface area (Å²) in [6, 6.07) is 4.36. The molecular weight excluding hydrogens is 279 g/mol. The molecule has 2 unspecified atom stereocenters. The number of fused-ring (bicyclic) bond motifs is 1. The van der Waals surface area contributed by atoms with Gasteiger partial charge in [-0.25, -0.2) is 4.39 Å². The Morgan fingerprint density at radius 1 is 1.45 bits per heavy atom. The van der Waals surface area contributed by atoms with Gasteiger partial charge < -0.3 is 10.6 Å². The summed E-state index contributed by atoms with van der Waals surface area (Å²) < 4.78 is 13.2. The van der Waals surface area contributed by atoms with E-state index in [1.54, 1.807) is 11.8 Å². The van der Waals surface area contributed by atoms with E-state index in [1.165, 1.54) is 18.2 Å². The van der Waals surface area contributed by atoms with Gasteiger partial charge in [0.25, 0.3) is 0 Å². The van der Waals surface area contributed by atoms with Crippen LogP contribution in [0.2, 0.25) is 0 Å². The molecule has 0 radical (unpaired) electrons. The topological polar surface area (TPSA) is 58.2 Å². The van der Waals surface area contributed by atoms with Crippen LogP contribution in [0.3, 0.4) is 0 Å². The third-order valence-corrected chi connectivity index (χ3v) is 4.82. The highest BCUT2D eigenvalue weighted by atomic mass is 32.2. The number of thioether (sulfide) groups is 1. The lowest BCUT2D eigenvalue weighted by Gasteiger charge is -2.25. The Balaban J connectivity index is 1.73. The zero-order chi connectivity index (χ0) is 14.1. The van der Waals surface area contributed by atoms with Crippen LogP contribution in [0.25, 0.3) is 0 Å². The highest BCUT2D eigenvalue weighted by Gasteiger charge is 2.33. The smallest absolute Gasteiger partial charge is 0.237 e. The average Bonchev–Trinajstić information content (AvgIpc) is 2.91. The Hall–Kier alpha value is -1.56. The lowest BCUT2D eigenvalue weighted by molar-refractivity contribution is -0.133. The molecule has 1 fully saturated rings. The Bertz CT molecular complexity index is 558. The normalized spacial score (nSPS) is 24.9. The molecule has 2 N–H and O–H groups in total. The first kappa shape index (κ1) is 13.4. The summed E-state index contributed by atoms with van der Waals surface area (Å²) in [6.45, 7) is 0. The first-order chi connectivity index (χ1) is 9.63. The maximum Gasteiger partial charge on any atom is 0.237 e. The summed E-state index contributed by atoms with van der Waals surface area (Å²) in [4.78, 5) is 24.2. The molecule has 1 aromatic carbocycles. The van der Waals surface area contributed by atoms with Crippen molar-refractivity contribution in [3.8, 4) is 0 Å². The SMILES string of the molecule is O=C1Nc2ccc(F)cc2CC1C(=O)NC1CCSC1. The van der Waals surface area contributed by atoms with Gasteiger partial charge in [-0.1, -0.05) is 0 Å². The molecule has 0 aliphatic carbocycles. The van der Waals surface area contributed by atoms with Gasteiger partial charge in [0.2, 0.25) is 11.8 Å². The second kappa shape index (κ2) is 5.44. The quantitative estimate of drug-likeness (QED) is 0.814. The van der Waals surface area contributed by atoms with Gasteiger partial charge in [-0.05, 0) is 42.4 Å². The van der Waals surface area contributed by atoms with E-state index in [-0.39, 0.29) is 30.1 Å². The standard InChI is InChI=1S/C14H15FN2O2S/c15-9-1-2-12-8(5-9)6-11(14(19)17-12)13(18)16-10-3-4-20-7-10/h1-2,5,10-11H,3-4,6-7H2,(H,16,18)(H,17,19). The fraction of sp³-hybridized carbons (Fsp3) is 0.429. The number of carbonyl (C=O) groups excluding carboxylic acids is 2. The number of amides is 2. The predicted molar refractivity (Wildman–Crippen MR) is 76.1 cm³/mol. The minimum atomic E-state index is -0.769. The van der Waals surface area contributed by atoms with E-state index in [9.17, 15) is 14.0 Å². The van der Waals surface area contributed by atoms with Crippen LogP contribution < -0.4 is 10.6 Å². The molecule has 2 amide bonds. The molecule has 2 heterocycles. The monoisotopic (exact) mass is 294 g/mol. The fourth-order valence-corrected chi connectivity index (χ4v) is 3.70. The van der Waals surface area contributed by atoms with Crippen molar-refractivity contribution in [2.45, 2.75) is 18.9 Å². The maximum atomic E-state index is 13.2. The van der Waals surface area contributed by atoms with Gasteiger partial charge in [-0.2, -0.15) is 11.8 Å².